The van der Waals surface area contributed by atoms with E-state index < -0.39 is 0 Å². The molecule has 30 heavy (non-hydrogen) atoms. The van der Waals surface area contributed by atoms with E-state index in [1.807, 2.05) is 19.1 Å². The molecule has 0 aliphatic carbocycles. The van der Waals surface area contributed by atoms with E-state index in [9.17, 15) is 0 Å². The first kappa shape index (κ1) is 19.7. The Morgan fingerprint density at radius 2 is 2.07 bits per heavy atom. The summed E-state index contributed by atoms with van der Waals surface area (Å²) in [5.41, 5.74) is 4.10. The zero-order valence-corrected chi connectivity index (χ0v) is 17.0. The molecular formula is C21H22N8O. The zero-order chi connectivity index (χ0) is 20.9. The molecule has 9 nitrogen and oxygen atoms in total. The first-order valence-electron chi connectivity index (χ1n) is 9.93. The van der Waals surface area contributed by atoms with E-state index in [2.05, 4.69) is 38.1 Å². The third-order valence-corrected chi connectivity index (χ3v) is 4.69. The van der Waals surface area contributed by atoms with Gasteiger partial charge in [0.25, 0.3) is 0 Å². The quantitative estimate of drug-likeness (QED) is 0.446. The molecule has 0 N–H and O–H groups in total. The van der Waals surface area contributed by atoms with Crippen LogP contribution in [0.4, 0.5) is 0 Å². The molecule has 0 bridgehead atoms. The summed E-state index contributed by atoms with van der Waals surface area (Å²) in [5, 5.41) is 18.0. The SMILES string of the molecule is CCCc1c(Cc2ccnn2-c2cccc(C#N)n2)ncn2nc(COCC)nc12. The van der Waals surface area contributed by atoms with Crippen molar-refractivity contribution in [3.8, 4) is 11.9 Å². The molecule has 0 aliphatic rings. The molecular weight excluding hydrogens is 380 g/mol. The molecule has 9 heteroatoms. The largest absolute Gasteiger partial charge is 0.374 e. The second-order valence-electron chi connectivity index (χ2n) is 6.76. The van der Waals surface area contributed by atoms with Gasteiger partial charge in [-0.15, -0.1) is 5.10 Å². The third kappa shape index (κ3) is 3.90. The van der Waals surface area contributed by atoms with Gasteiger partial charge in [-0.3, -0.25) is 0 Å². The molecule has 0 aliphatic heterocycles. The minimum Gasteiger partial charge on any atom is -0.374 e. The number of aromatic nitrogens is 7. The van der Waals surface area contributed by atoms with Crippen molar-refractivity contribution in [2.24, 2.45) is 0 Å². The van der Waals surface area contributed by atoms with Crippen molar-refractivity contribution in [1.82, 2.24) is 34.3 Å². The van der Waals surface area contributed by atoms with Crippen LogP contribution in [0.5, 0.6) is 0 Å². The van der Waals surface area contributed by atoms with Crippen molar-refractivity contribution in [2.45, 2.75) is 39.7 Å². The van der Waals surface area contributed by atoms with Gasteiger partial charge in [0.05, 0.1) is 11.4 Å². The fourth-order valence-electron chi connectivity index (χ4n) is 3.34. The summed E-state index contributed by atoms with van der Waals surface area (Å²) in [7, 11) is 0. The first-order chi connectivity index (χ1) is 14.7. The summed E-state index contributed by atoms with van der Waals surface area (Å²) in [6.45, 7) is 5.08. The lowest BCUT2D eigenvalue weighted by Gasteiger charge is -2.10. The molecule has 0 amide bonds. The van der Waals surface area contributed by atoms with E-state index in [0.29, 0.717) is 37.0 Å². The van der Waals surface area contributed by atoms with Gasteiger partial charge in [0.15, 0.2) is 17.3 Å². The second kappa shape index (κ2) is 8.80. The number of rotatable bonds is 8. The summed E-state index contributed by atoms with van der Waals surface area (Å²) in [6.07, 6.45) is 5.80. The molecule has 4 aromatic heterocycles. The number of pyridine rings is 1. The fraction of sp³-hybridized carbons (Fsp3) is 0.333. The Morgan fingerprint density at radius 3 is 2.87 bits per heavy atom. The number of fused-ring (bicyclic) bond motifs is 1. The van der Waals surface area contributed by atoms with Gasteiger partial charge >= 0.3 is 0 Å². The van der Waals surface area contributed by atoms with Crippen molar-refractivity contribution in [1.29, 1.82) is 5.26 Å². The highest BCUT2D eigenvalue weighted by Gasteiger charge is 2.16. The van der Waals surface area contributed by atoms with Gasteiger partial charge in [0, 0.05) is 24.8 Å². The van der Waals surface area contributed by atoms with Crippen LogP contribution < -0.4 is 0 Å². The van der Waals surface area contributed by atoms with Crippen LogP contribution in [0.15, 0.2) is 36.8 Å². The lowest BCUT2D eigenvalue weighted by molar-refractivity contribution is 0.128. The highest BCUT2D eigenvalue weighted by Crippen LogP contribution is 2.20. The van der Waals surface area contributed by atoms with Crippen LogP contribution >= 0.6 is 0 Å². The van der Waals surface area contributed by atoms with Gasteiger partial charge in [0.1, 0.15) is 24.7 Å². The number of nitriles is 1. The van der Waals surface area contributed by atoms with Gasteiger partial charge in [-0.25, -0.2) is 24.1 Å². The maximum atomic E-state index is 9.14. The molecule has 0 fully saturated rings. The number of hydrogen-bond acceptors (Lipinski definition) is 7. The summed E-state index contributed by atoms with van der Waals surface area (Å²) >= 11 is 0. The average molecular weight is 402 g/mol. The van der Waals surface area contributed by atoms with Crippen LogP contribution in [0.2, 0.25) is 0 Å². The van der Waals surface area contributed by atoms with Crippen molar-refractivity contribution in [3.63, 3.8) is 0 Å². The van der Waals surface area contributed by atoms with Gasteiger partial charge in [-0.1, -0.05) is 19.4 Å². The Bertz CT molecular complexity index is 1200. The topological polar surface area (TPSA) is 107 Å². The molecule has 0 saturated heterocycles. The van der Waals surface area contributed by atoms with Crippen molar-refractivity contribution in [2.75, 3.05) is 6.61 Å². The van der Waals surface area contributed by atoms with Gasteiger partial charge in [-0.2, -0.15) is 10.4 Å². The maximum absolute atomic E-state index is 9.14. The van der Waals surface area contributed by atoms with E-state index in [0.717, 1.165) is 35.4 Å². The molecule has 0 saturated carbocycles. The van der Waals surface area contributed by atoms with Gasteiger partial charge < -0.3 is 4.74 Å². The zero-order valence-electron chi connectivity index (χ0n) is 17.0. The van der Waals surface area contributed by atoms with Crippen molar-refractivity contribution in [3.05, 3.63) is 65.3 Å². The lowest BCUT2D eigenvalue weighted by atomic mass is 10.1. The van der Waals surface area contributed by atoms with Crippen LogP contribution in [-0.2, 0) is 24.2 Å². The molecule has 0 atom stereocenters. The van der Waals surface area contributed by atoms with E-state index in [4.69, 9.17) is 10.00 Å². The molecule has 152 valence electrons. The second-order valence-corrected chi connectivity index (χ2v) is 6.76. The summed E-state index contributed by atoms with van der Waals surface area (Å²) < 4.78 is 8.91. The Hall–Kier alpha value is -3.64. The van der Waals surface area contributed by atoms with Gasteiger partial charge in [0.2, 0.25) is 0 Å². The highest BCUT2D eigenvalue weighted by molar-refractivity contribution is 5.50. The molecule has 0 spiro atoms. The molecule has 0 unspecified atom stereocenters. The Balaban J connectivity index is 1.71. The van der Waals surface area contributed by atoms with E-state index in [1.165, 1.54) is 0 Å². The van der Waals surface area contributed by atoms with Crippen molar-refractivity contribution >= 4 is 5.65 Å². The Kier molecular flexibility index (Phi) is 5.77. The molecule has 0 radical (unpaired) electrons. The Labute approximate surface area is 174 Å². The number of ether oxygens (including phenoxy) is 1. The predicted molar refractivity (Wildman–Crippen MR) is 109 cm³/mol. The first-order valence-corrected chi connectivity index (χ1v) is 9.93. The van der Waals surface area contributed by atoms with Crippen LogP contribution in [0.25, 0.3) is 11.5 Å². The van der Waals surface area contributed by atoms with Gasteiger partial charge in [-0.05, 0) is 31.5 Å². The average Bonchev–Trinajstić information content (AvgIpc) is 3.41. The van der Waals surface area contributed by atoms with Crippen molar-refractivity contribution < 1.29 is 4.74 Å². The standard InChI is InChI=1S/C21H22N8O/c1-3-6-17-18(23-14-28-21(17)26-19(27-28)13-30-4-2)11-16-9-10-24-29(16)20-8-5-7-15(12-22)25-20/h5,7-10,14H,3-4,6,11,13H2,1-2H3. The maximum Gasteiger partial charge on any atom is 0.177 e. The van der Waals surface area contributed by atoms with Crippen LogP contribution in [-0.4, -0.2) is 41.0 Å². The number of hydrogen-bond donors (Lipinski definition) is 0. The minimum absolute atomic E-state index is 0.352. The third-order valence-electron chi connectivity index (χ3n) is 4.69. The summed E-state index contributed by atoms with van der Waals surface area (Å²) in [6, 6.07) is 9.31. The number of nitrogens with zero attached hydrogens (tertiary/aromatic N) is 8. The van der Waals surface area contributed by atoms with Crippen LogP contribution in [0, 0.1) is 11.3 Å². The summed E-state index contributed by atoms with van der Waals surface area (Å²) in [4.78, 5) is 13.7. The van der Waals surface area contributed by atoms with Crippen LogP contribution in [0.3, 0.4) is 0 Å². The number of aryl methyl sites for hydroxylation is 1. The lowest BCUT2D eigenvalue weighted by Crippen LogP contribution is -2.09. The monoisotopic (exact) mass is 402 g/mol. The van der Waals surface area contributed by atoms with E-state index in [-0.39, 0.29) is 0 Å². The van der Waals surface area contributed by atoms with E-state index in [1.54, 1.807) is 33.9 Å². The predicted octanol–water partition coefficient (Wildman–Crippen LogP) is 2.66. The fourth-order valence-corrected chi connectivity index (χ4v) is 3.34. The molecule has 4 rings (SSSR count). The summed E-state index contributed by atoms with van der Waals surface area (Å²) in [5.74, 6) is 1.25. The smallest absolute Gasteiger partial charge is 0.177 e. The molecule has 4 heterocycles. The van der Waals surface area contributed by atoms with Crippen LogP contribution in [0.1, 0.15) is 48.7 Å². The van der Waals surface area contributed by atoms with E-state index >= 15 is 0 Å². The molecule has 4 aromatic rings. The highest BCUT2D eigenvalue weighted by atomic mass is 16.5. The Morgan fingerprint density at radius 1 is 1.17 bits per heavy atom. The molecule has 0 aromatic carbocycles. The minimum atomic E-state index is 0.352. The normalized spacial score (nSPS) is 11.1.